The largest absolute Gasteiger partial charge is 0.309 e. The van der Waals surface area contributed by atoms with E-state index >= 15 is 0 Å². The number of aromatic nitrogens is 1. The molecule has 0 atom stereocenters. The van der Waals surface area contributed by atoms with Gasteiger partial charge in [-0.15, -0.1) is 22.7 Å². The van der Waals surface area contributed by atoms with Crippen LogP contribution < -0.4 is 25.5 Å². The van der Waals surface area contributed by atoms with Crippen LogP contribution in [-0.2, 0) is 10.8 Å². The van der Waals surface area contributed by atoms with Crippen molar-refractivity contribution in [3.05, 3.63) is 145 Å². The molecule has 0 amide bonds. The number of benzene rings is 7. The molecule has 278 valence electrons. The molecule has 58 heavy (non-hydrogen) atoms. The van der Waals surface area contributed by atoms with Crippen molar-refractivity contribution in [3.8, 4) is 5.69 Å². The second-order valence-corrected chi connectivity index (χ2v) is 20.7. The van der Waals surface area contributed by atoms with Crippen LogP contribution in [0.25, 0.3) is 57.8 Å². The Labute approximate surface area is 346 Å². The maximum absolute atomic E-state index is 2.69. The number of hydrogen-bond acceptors (Lipinski definition) is 4. The molecule has 0 N–H and O–H groups in total. The number of thiophene rings is 2. The van der Waals surface area contributed by atoms with E-state index in [9.17, 15) is 0 Å². The lowest BCUT2D eigenvalue weighted by Crippen LogP contribution is -2.61. The van der Waals surface area contributed by atoms with Crippen molar-refractivity contribution in [1.29, 1.82) is 0 Å². The van der Waals surface area contributed by atoms with Crippen LogP contribution >= 0.6 is 22.7 Å². The summed E-state index contributed by atoms with van der Waals surface area (Å²) in [5.41, 5.74) is 16.9. The van der Waals surface area contributed by atoms with E-state index in [4.69, 9.17) is 0 Å². The molecule has 13 rings (SSSR count). The minimum absolute atomic E-state index is 0.0145. The Morgan fingerprint density at radius 3 is 1.90 bits per heavy atom. The molecule has 0 radical (unpaired) electrons. The molecule has 3 aliphatic rings. The van der Waals surface area contributed by atoms with Crippen LogP contribution in [0.4, 0.5) is 34.1 Å². The highest BCUT2D eigenvalue weighted by atomic mass is 32.1. The van der Waals surface area contributed by atoms with Gasteiger partial charge >= 0.3 is 0 Å². The van der Waals surface area contributed by atoms with E-state index < -0.39 is 0 Å². The standard InChI is InChI=1S/C52H40BN3S2/c1-51(2,3)29-24-25-44-35(26-29)47-50(58-44)53-36-18-13-21-39-48(36)55(38-20-11-16-33-31-14-7-9-19-37(31)54(39)46(33)38)41-27-30(52(4,5)6)28-42(45(41)53)56(47)40-22-12-17-34-32-15-8-10-23-43(32)57-49(34)40/h7-28H,1-6H3. The second-order valence-electron chi connectivity index (χ2n) is 18.6. The predicted molar refractivity (Wildman–Crippen MR) is 254 cm³/mol. The maximum atomic E-state index is 2.69. The summed E-state index contributed by atoms with van der Waals surface area (Å²) >= 11 is 3.92. The molecule has 6 heteroatoms. The van der Waals surface area contributed by atoms with Crippen molar-refractivity contribution in [2.45, 2.75) is 52.4 Å². The quantitative estimate of drug-likeness (QED) is 0.154. The van der Waals surface area contributed by atoms with Gasteiger partial charge in [-0.05, 0) is 87.5 Å². The van der Waals surface area contributed by atoms with Gasteiger partial charge in [0.1, 0.15) is 0 Å². The third kappa shape index (κ3) is 4.14. The van der Waals surface area contributed by atoms with E-state index in [1.165, 1.54) is 119 Å². The third-order valence-electron chi connectivity index (χ3n) is 13.2. The first-order valence-corrected chi connectivity index (χ1v) is 22.1. The molecule has 0 saturated heterocycles. The number of rotatable bonds is 1. The zero-order valence-corrected chi connectivity index (χ0v) is 35.1. The van der Waals surface area contributed by atoms with Crippen LogP contribution in [0.3, 0.4) is 0 Å². The van der Waals surface area contributed by atoms with E-state index in [0.29, 0.717) is 0 Å². The minimum atomic E-state index is -0.0940. The molecule has 0 bridgehead atoms. The number of para-hydroxylation sites is 3. The maximum Gasteiger partial charge on any atom is 0.264 e. The molecule has 3 aliphatic heterocycles. The third-order valence-corrected chi connectivity index (χ3v) is 15.6. The topological polar surface area (TPSA) is 11.4 Å². The summed E-state index contributed by atoms with van der Waals surface area (Å²) in [7, 11) is 0. The zero-order chi connectivity index (χ0) is 39.0. The van der Waals surface area contributed by atoms with Gasteiger partial charge in [0.2, 0.25) is 0 Å². The molecule has 6 heterocycles. The van der Waals surface area contributed by atoms with Crippen LogP contribution in [0.1, 0.15) is 52.7 Å². The van der Waals surface area contributed by atoms with E-state index in [1.54, 1.807) is 0 Å². The zero-order valence-electron chi connectivity index (χ0n) is 33.4. The lowest BCUT2D eigenvalue weighted by molar-refractivity contribution is 0.590. The first-order valence-electron chi connectivity index (χ1n) is 20.5. The Morgan fingerprint density at radius 2 is 1.10 bits per heavy atom. The minimum Gasteiger partial charge on any atom is -0.309 e. The Bertz CT molecular complexity index is 3460. The fraction of sp³-hybridized carbons (Fsp3) is 0.154. The molecule has 3 nitrogen and oxygen atoms in total. The van der Waals surface area contributed by atoms with E-state index in [-0.39, 0.29) is 17.5 Å². The SMILES string of the molecule is CC(C)(C)c1cc2c3c(c1)N1c4c(cccc4-n4c5ccccc5c5cccc1c54)B3c1sc3ccc(C(C)(C)C)cc3c1N2c1cccc2c1sc1ccccc12. The first kappa shape index (κ1) is 33.2. The molecular weight excluding hydrogens is 742 g/mol. The highest BCUT2D eigenvalue weighted by molar-refractivity contribution is 7.34. The molecule has 3 aromatic heterocycles. The Balaban J connectivity index is 1.22. The van der Waals surface area contributed by atoms with E-state index in [2.05, 4.69) is 189 Å². The van der Waals surface area contributed by atoms with Gasteiger partial charge in [0.05, 0.1) is 44.2 Å². The predicted octanol–water partition coefficient (Wildman–Crippen LogP) is 13.4. The summed E-state index contributed by atoms with van der Waals surface area (Å²) in [5, 5.41) is 6.59. The van der Waals surface area contributed by atoms with Crippen LogP contribution in [-0.4, -0.2) is 11.3 Å². The molecule has 0 fully saturated rings. The van der Waals surface area contributed by atoms with Crippen molar-refractivity contribution in [1.82, 2.24) is 4.57 Å². The summed E-state index contributed by atoms with van der Waals surface area (Å²) < 4.78 is 7.97. The van der Waals surface area contributed by atoms with Crippen molar-refractivity contribution in [3.63, 3.8) is 0 Å². The molecular formula is C52H40BN3S2. The molecule has 7 aromatic carbocycles. The smallest absolute Gasteiger partial charge is 0.264 e. The van der Waals surface area contributed by atoms with Gasteiger partial charge in [0.15, 0.2) is 0 Å². The van der Waals surface area contributed by atoms with Gasteiger partial charge in [0, 0.05) is 52.5 Å². The lowest BCUT2D eigenvalue weighted by Gasteiger charge is -2.46. The second kappa shape index (κ2) is 11.0. The Kier molecular flexibility index (Phi) is 6.30. The van der Waals surface area contributed by atoms with Crippen LogP contribution in [0.2, 0.25) is 0 Å². The molecule has 0 saturated carbocycles. The molecule has 10 aromatic rings. The summed E-state index contributed by atoms with van der Waals surface area (Å²) in [4.78, 5) is 5.34. The molecule has 0 aliphatic carbocycles. The van der Waals surface area contributed by atoms with Crippen LogP contribution in [0.5, 0.6) is 0 Å². The van der Waals surface area contributed by atoms with Gasteiger partial charge in [-0.1, -0.05) is 120 Å². The van der Waals surface area contributed by atoms with Crippen molar-refractivity contribution in [2.75, 3.05) is 9.80 Å². The number of hydrogen-bond donors (Lipinski definition) is 0. The van der Waals surface area contributed by atoms with E-state index in [1.807, 2.05) is 22.7 Å². The summed E-state index contributed by atoms with van der Waals surface area (Å²) in [6.07, 6.45) is 0. The summed E-state index contributed by atoms with van der Waals surface area (Å²) in [6, 6.07) is 51.2. The average Bonchev–Trinajstić information content (AvgIpc) is 3.90. The van der Waals surface area contributed by atoms with Gasteiger partial charge in [0.25, 0.3) is 6.71 Å². The summed E-state index contributed by atoms with van der Waals surface area (Å²) in [5.74, 6) is 0. The van der Waals surface area contributed by atoms with Crippen LogP contribution in [0, 0.1) is 0 Å². The van der Waals surface area contributed by atoms with Gasteiger partial charge in [-0.25, -0.2) is 0 Å². The lowest BCUT2D eigenvalue weighted by atomic mass is 9.36. The normalized spacial score (nSPS) is 14.3. The van der Waals surface area contributed by atoms with Gasteiger partial charge in [-0.2, -0.15) is 0 Å². The molecule has 0 unspecified atom stereocenters. The van der Waals surface area contributed by atoms with Crippen LogP contribution in [0.15, 0.2) is 133 Å². The summed E-state index contributed by atoms with van der Waals surface area (Å²) in [6.45, 7) is 14.2. The van der Waals surface area contributed by atoms with Crippen molar-refractivity contribution >= 4 is 131 Å². The number of fused-ring (bicyclic) bond motifs is 14. The monoisotopic (exact) mass is 781 g/mol. The van der Waals surface area contributed by atoms with Gasteiger partial charge < -0.3 is 14.4 Å². The first-order chi connectivity index (χ1) is 28.1. The highest BCUT2D eigenvalue weighted by Gasteiger charge is 2.48. The van der Waals surface area contributed by atoms with Gasteiger partial charge in [-0.3, -0.25) is 0 Å². The average molecular weight is 782 g/mol. The fourth-order valence-corrected chi connectivity index (χ4v) is 12.9. The van der Waals surface area contributed by atoms with Crippen molar-refractivity contribution < 1.29 is 0 Å². The van der Waals surface area contributed by atoms with E-state index in [0.717, 1.165) is 0 Å². The fourth-order valence-electron chi connectivity index (χ4n) is 10.4. The Morgan fingerprint density at radius 1 is 0.466 bits per heavy atom. The van der Waals surface area contributed by atoms with Crippen molar-refractivity contribution in [2.24, 2.45) is 0 Å². The number of nitrogens with zero attached hydrogens (tertiary/aromatic N) is 3. The molecule has 0 spiro atoms. The Hall–Kier alpha value is -5.82. The number of anilines is 6. The highest BCUT2D eigenvalue weighted by Crippen LogP contribution is 2.55.